The van der Waals surface area contributed by atoms with Gasteiger partial charge in [0.05, 0.1) is 25.6 Å². The molecule has 1 saturated heterocycles. The van der Waals surface area contributed by atoms with Gasteiger partial charge in [-0.2, -0.15) is 9.97 Å². The highest BCUT2D eigenvalue weighted by molar-refractivity contribution is 7.51. The lowest BCUT2D eigenvalue weighted by Crippen LogP contribution is -2.43. The van der Waals surface area contributed by atoms with Crippen LogP contribution in [0.5, 0.6) is 5.88 Å². The van der Waals surface area contributed by atoms with E-state index in [-0.39, 0.29) is 24.5 Å². The summed E-state index contributed by atoms with van der Waals surface area (Å²) in [6.45, 7) is 9.51. The van der Waals surface area contributed by atoms with Gasteiger partial charge in [-0.15, -0.1) is 0 Å². The SMILES string of the molecule is C=N[C@]1(C)[C@H](O)[C@@H](COP(=O)(NC2CC2)OC(CCCC)c2ccccc2)O[C@H]1n1cnc2c(OCC)nc(N)nc21. The minimum atomic E-state index is -3.80. The molecule has 1 aromatic carbocycles. The van der Waals surface area contributed by atoms with Crippen LogP contribution in [0.1, 0.15) is 70.8 Å². The van der Waals surface area contributed by atoms with Crippen molar-refractivity contribution in [2.45, 2.75) is 89.0 Å². The number of rotatable bonds is 15. The molecule has 5 rings (SSSR count). The van der Waals surface area contributed by atoms with E-state index in [9.17, 15) is 9.67 Å². The van der Waals surface area contributed by atoms with Gasteiger partial charge in [0, 0.05) is 6.04 Å². The van der Waals surface area contributed by atoms with Gasteiger partial charge in [-0.1, -0.05) is 50.1 Å². The number of fused-ring (bicyclic) bond motifs is 1. The summed E-state index contributed by atoms with van der Waals surface area (Å²) in [6, 6.07) is 9.75. The molecule has 1 aliphatic heterocycles. The molecule has 0 amide bonds. The van der Waals surface area contributed by atoms with E-state index in [0.717, 1.165) is 31.2 Å². The third-order valence-electron chi connectivity index (χ3n) is 7.62. The van der Waals surface area contributed by atoms with Gasteiger partial charge in [-0.05, 0) is 45.4 Å². The number of nitrogens with one attached hydrogen (secondary N) is 1. The summed E-state index contributed by atoms with van der Waals surface area (Å²) in [7, 11) is -3.80. The molecule has 13 nitrogen and oxygen atoms in total. The molecule has 1 saturated carbocycles. The first-order valence-electron chi connectivity index (χ1n) is 14.4. The fraction of sp³-hybridized carbons (Fsp3) is 0.571. The lowest BCUT2D eigenvalue weighted by molar-refractivity contribution is -0.0446. The van der Waals surface area contributed by atoms with Crippen LogP contribution >= 0.6 is 7.75 Å². The van der Waals surface area contributed by atoms with Crippen molar-refractivity contribution in [3.05, 3.63) is 42.2 Å². The Labute approximate surface area is 245 Å². The Morgan fingerprint density at radius 3 is 2.74 bits per heavy atom. The second-order valence-electron chi connectivity index (χ2n) is 10.8. The largest absolute Gasteiger partial charge is 0.476 e. The monoisotopic (exact) mass is 601 g/mol. The van der Waals surface area contributed by atoms with E-state index in [2.05, 4.69) is 38.7 Å². The molecule has 0 bridgehead atoms. The normalized spacial score (nSPS) is 26.2. The number of benzene rings is 1. The third kappa shape index (κ3) is 6.36. The van der Waals surface area contributed by atoms with Gasteiger partial charge in [-0.3, -0.25) is 18.6 Å². The molecule has 6 atom stereocenters. The Balaban J connectivity index is 1.38. The number of aliphatic hydroxyl groups excluding tert-OH is 1. The Bertz CT molecular complexity index is 1420. The summed E-state index contributed by atoms with van der Waals surface area (Å²) < 4.78 is 39.9. The molecule has 4 N–H and O–H groups in total. The number of nitrogens with zero attached hydrogens (tertiary/aromatic N) is 5. The third-order valence-corrected chi connectivity index (χ3v) is 9.32. The minimum Gasteiger partial charge on any atom is -0.476 e. The average Bonchev–Trinajstić information content (AvgIpc) is 3.64. The van der Waals surface area contributed by atoms with E-state index in [4.69, 9.17) is 24.3 Å². The number of ether oxygens (including phenoxy) is 2. The first kappa shape index (κ1) is 30.5. The van der Waals surface area contributed by atoms with Gasteiger partial charge in [-0.25, -0.2) is 14.6 Å². The number of nitrogens with two attached hydrogens (primary N) is 1. The van der Waals surface area contributed by atoms with Crippen LogP contribution in [0.4, 0.5) is 5.95 Å². The van der Waals surface area contributed by atoms with Crippen LogP contribution in [-0.2, 0) is 18.3 Å². The Morgan fingerprint density at radius 1 is 1.31 bits per heavy atom. The number of unbranched alkanes of at least 4 members (excludes halogenated alkanes) is 1. The number of aliphatic hydroxyl groups is 1. The first-order chi connectivity index (χ1) is 20.2. The summed E-state index contributed by atoms with van der Waals surface area (Å²) in [6.07, 6.45) is 2.43. The molecule has 42 heavy (non-hydrogen) atoms. The molecule has 2 fully saturated rings. The van der Waals surface area contributed by atoms with Crippen LogP contribution in [0.15, 0.2) is 41.7 Å². The van der Waals surface area contributed by atoms with Gasteiger partial charge in [0.2, 0.25) is 11.8 Å². The van der Waals surface area contributed by atoms with Crippen molar-refractivity contribution in [3.63, 3.8) is 0 Å². The van der Waals surface area contributed by atoms with Crippen molar-refractivity contribution >= 4 is 31.6 Å². The summed E-state index contributed by atoms with van der Waals surface area (Å²) >= 11 is 0. The zero-order valence-corrected chi connectivity index (χ0v) is 25.2. The zero-order valence-electron chi connectivity index (χ0n) is 24.3. The van der Waals surface area contributed by atoms with Crippen LogP contribution < -0.4 is 15.6 Å². The van der Waals surface area contributed by atoms with Gasteiger partial charge < -0.3 is 20.3 Å². The van der Waals surface area contributed by atoms with Crippen molar-refractivity contribution in [3.8, 4) is 5.88 Å². The maximum atomic E-state index is 14.1. The highest BCUT2D eigenvalue weighted by Crippen LogP contribution is 2.53. The first-order valence-corrected chi connectivity index (χ1v) is 16.0. The fourth-order valence-corrected chi connectivity index (χ4v) is 6.88. The van der Waals surface area contributed by atoms with Crippen molar-refractivity contribution in [2.75, 3.05) is 18.9 Å². The summed E-state index contributed by atoms with van der Waals surface area (Å²) in [5.41, 5.74) is 6.39. The van der Waals surface area contributed by atoms with E-state index in [1.54, 1.807) is 11.5 Å². The molecule has 0 spiro atoms. The quantitative estimate of drug-likeness (QED) is 0.167. The summed E-state index contributed by atoms with van der Waals surface area (Å²) in [5, 5.41) is 14.5. The number of anilines is 1. The standard InChI is InChI=1S/C28H40N7O6P/c1-5-7-13-20(18-11-9-8-10-12-18)41-42(37,34-19-14-15-19)39-16-21-23(36)28(3,30-4)26(40-21)35-17-31-22-24(35)32-27(29)33-25(22)38-6-2/h8-12,17,19-21,23,26,36H,4-7,13-16H2,1-3H3,(H,34,37)(H2,29,32,33)/t20?,21-,23-,26-,28-,42?/m1/s1. The lowest BCUT2D eigenvalue weighted by Gasteiger charge is -2.29. The van der Waals surface area contributed by atoms with Crippen LogP contribution in [0.2, 0.25) is 0 Å². The molecule has 2 aromatic heterocycles. The van der Waals surface area contributed by atoms with Gasteiger partial charge in [0.1, 0.15) is 17.7 Å². The minimum absolute atomic E-state index is 0.000301. The zero-order chi connectivity index (χ0) is 29.9. The molecular weight excluding hydrogens is 561 g/mol. The van der Waals surface area contributed by atoms with Gasteiger partial charge in [0.15, 0.2) is 17.4 Å². The molecule has 2 unspecified atom stereocenters. The van der Waals surface area contributed by atoms with Crippen molar-refractivity contribution in [1.82, 2.24) is 24.6 Å². The van der Waals surface area contributed by atoms with Crippen LogP contribution in [0.3, 0.4) is 0 Å². The number of aliphatic imine (C=N–C) groups is 1. The predicted molar refractivity (Wildman–Crippen MR) is 158 cm³/mol. The van der Waals surface area contributed by atoms with Crippen LogP contribution in [0.25, 0.3) is 11.2 Å². The highest BCUT2D eigenvalue weighted by Gasteiger charge is 2.55. The maximum absolute atomic E-state index is 14.1. The molecule has 0 radical (unpaired) electrons. The smallest absolute Gasteiger partial charge is 0.406 e. The van der Waals surface area contributed by atoms with Crippen LogP contribution in [0, 0.1) is 0 Å². The van der Waals surface area contributed by atoms with Gasteiger partial charge >= 0.3 is 7.75 Å². The van der Waals surface area contributed by atoms with Crippen LogP contribution in [-0.4, -0.2) is 68.3 Å². The number of hydrogen-bond acceptors (Lipinski definition) is 11. The predicted octanol–water partition coefficient (Wildman–Crippen LogP) is 4.35. The number of hydrogen-bond donors (Lipinski definition) is 3. The van der Waals surface area contributed by atoms with E-state index >= 15 is 0 Å². The Hall–Kier alpha value is -2.93. The van der Waals surface area contributed by atoms with E-state index in [1.165, 1.54) is 6.33 Å². The van der Waals surface area contributed by atoms with Gasteiger partial charge in [0.25, 0.3) is 0 Å². The Morgan fingerprint density at radius 2 is 2.07 bits per heavy atom. The molecule has 3 aromatic rings. The fourth-order valence-electron chi connectivity index (χ4n) is 5.08. The highest BCUT2D eigenvalue weighted by atomic mass is 31.2. The van der Waals surface area contributed by atoms with E-state index in [1.807, 2.05) is 37.3 Å². The summed E-state index contributed by atoms with van der Waals surface area (Å²) in [5.74, 6) is 0.241. The lowest BCUT2D eigenvalue weighted by atomic mass is 9.93. The molecule has 14 heteroatoms. The maximum Gasteiger partial charge on any atom is 0.406 e. The number of nitrogen functional groups attached to an aromatic ring is 1. The van der Waals surface area contributed by atoms with Crippen molar-refractivity contribution < 1.29 is 28.2 Å². The average molecular weight is 602 g/mol. The molecular formula is C28H40N7O6P. The number of imidazole rings is 1. The molecule has 3 heterocycles. The van der Waals surface area contributed by atoms with E-state index in [0.29, 0.717) is 24.2 Å². The molecule has 2 aliphatic rings. The second kappa shape index (κ2) is 12.7. The van der Waals surface area contributed by atoms with Crippen molar-refractivity contribution in [2.24, 2.45) is 4.99 Å². The summed E-state index contributed by atoms with van der Waals surface area (Å²) in [4.78, 5) is 17.1. The Kier molecular flexibility index (Phi) is 9.26. The molecule has 1 aliphatic carbocycles. The second-order valence-corrected chi connectivity index (χ2v) is 12.6. The molecule has 228 valence electrons. The van der Waals surface area contributed by atoms with Crippen molar-refractivity contribution in [1.29, 1.82) is 0 Å². The topological polar surface area (TPSA) is 168 Å². The number of aromatic nitrogens is 4. The van der Waals surface area contributed by atoms with E-state index < -0.39 is 37.8 Å².